The van der Waals surface area contributed by atoms with E-state index in [1.807, 2.05) is 18.2 Å². The smallest absolute Gasteiger partial charge is 0.126 e. The molecule has 3 heteroatoms. The number of anilines is 1. The number of benzene rings is 1. The van der Waals surface area contributed by atoms with Gasteiger partial charge in [0, 0.05) is 18.5 Å². The largest absolute Gasteiger partial charge is 0.392 e. The summed E-state index contributed by atoms with van der Waals surface area (Å²) in [6.07, 6.45) is 3.92. The van der Waals surface area contributed by atoms with Gasteiger partial charge in [0.25, 0.3) is 0 Å². The van der Waals surface area contributed by atoms with Gasteiger partial charge in [-0.25, -0.2) is 4.98 Å². The van der Waals surface area contributed by atoms with Crippen LogP contribution in [0.5, 0.6) is 0 Å². The van der Waals surface area contributed by atoms with E-state index in [4.69, 9.17) is 5.73 Å². The first-order chi connectivity index (χ1) is 9.25. The minimum atomic E-state index is -0.393. The van der Waals surface area contributed by atoms with E-state index in [9.17, 15) is 5.11 Å². The fourth-order valence-electron chi connectivity index (χ4n) is 2.98. The summed E-state index contributed by atoms with van der Waals surface area (Å²) in [5.74, 6) is 0.739. The van der Waals surface area contributed by atoms with Crippen molar-refractivity contribution in [1.82, 2.24) is 4.98 Å². The predicted octanol–water partition coefficient (Wildman–Crippen LogP) is 2.30. The highest BCUT2D eigenvalue weighted by molar-refractivity contribution is 5.40. The quantitative estimate of drug-likeness (QED) is 0.883. The molecule has 3 N–H and O–H groups in total. The van der Waals surface area contributed by atoms with E-state index in [2.05, 4.69) is 23.2 Å². The minimum absolute atomic E-state index is 0.218. The fraction of sp³-hybridized carbons (Fsp3) is 0.312. The van der Waals surface area contributed by atoms with Gasteiger partial charge in [0.15, 0.2) is 0 Å². The summed E-state index contributed by atoms with van der Waals surface area (Å²) in [6.45, 7) is 0. The highest BCUT2D eigenvalue weighted by Gasteiger charge is 2.28. The molecule has 0 aliphatic heterocycles. The van der Waals surface area contributed by atoms with E-state index in [1.165, 1.54) is 11.1 Å². The highest BCUT2D eigenvalue weighted by Crippen LogP contribution is 2.36. The molecule has 98 valence electrons. The van der Waals surface area contributed by atoms with Gasteiger partial charge in [0.1, 0.15) is 5.82 Å². The summed E-state index contributed by atoms with van der Waals surface area (Å²) >= 11 is 0. The normalized spacial score (nSPS) is 19.1. The lowest BCUT2D eigenvalue weighted by Gasteiger charge is -2.19. The maximum Gasteiger partial charge on any atom is 0.126 e. The molecule has 1 heterocycles. The number of aliphatic hydroxyl groups excluding tert-OH is 1. The zero-order valence-electron chi connectivity index (χ0n) is 10.8. The lowest BCUT2D eigenvalue weighted by atomic mass is 9.91. The van der Waals surface area contributed by atoms with Crippen LogP contribution in [0.4, 0.5) is 5.82 Å². The molecule has 2 atom stereocenters. The molecule has 3 rings (SSSR count). The first-order valence-corrected chi connectivity index (χ1v) is 6.71. The number of aliphatic hydroxyl groups is 1. The van der Waals surface area contributed by atoms with Gasteiger partial charge in [0.05, 0.1) is 6.10 Å². The molecule has 0 fully saturated rings. The number of pyridine rings is 1. The molecule has 1 aliphatic carbocycles. The van der Waals surface area contributed by atoms with E-state index in [-0.39, 0.29) is 5.92 Å². The van der Waals surface area contributed by atoms with Crippen LogP contribution in [-0.2, 0) is 12.8 Å². The Kier molecular flexibility index (Phi) is 3.22. The van der Waals surface area contributed by atoms with Gasteiger partial charge in [-0.3, -0.25) is 0 Å². The maximum absolute atomic E-state index is 10.5. The number of hydrogen-bond donors (Lipinski definition) is 2. The van der Waals surface area contributed by atoms with Crippen LogP contribution in [0.1, 0.15) is 29.0 Å². The summed E-state index contributed by atoms with van der Waals surface area (Å²) in [5, 5.41) is 10.5. The number of aromatic nitrogens is 1. The van der Waals surface area contributed by atoms with Gasteiger partial charge in [0.2, 0.25) is 0 Å². The zero-order chi connectivity index (χ0) is 13.2. The second kappa shape index (κ2) is 5.02. The number of fused-ring (bicyclic) bond motifs is 1. The van der Waals surface area contributed by atoms with Gasteiger partial charge in [-0.15, -0.1) is 0 Å². The highest BCUT2D eigenvalue weighted by atomic mass is 16.3. The third-order valence-electron chi connectivity index (χ3n) is 4.00. The van der Waals surface area contributed by atoms with E-state index < -0.39 is 6.10 Å². The lowest BCUT2D eigenvalue weighted by Crippen LogP contribution is -2.20. The van der Waals surface area contributed by atoms with Gasteiger partial charge in [-0.2, -0.15) is 0 Å². The van der Waals surface area contributed by atoms with Crippen molar-refractivity contribution in [1.29, 1.82) is 0 Å². The first-order valence-electron chi connectivity index (χ1n) is 6.71. The van der Waals surface area contributed by atoms with Crippen molar-refractivity contribution >= 4 is 5.82 Å². The number of nitrogen functional groups attached to an aromatic ring is 1. The molecule has 3 nitrogen and oxygen atoms in total. The summed E-state index contributed by atoms with van der Waals surface area (Å²) < 4.78 is 0. The van der Waals surface area contributed by atoms with E-state index >= 15 is 0 Å². The van der Waals surface area contributed by atoms with Crippen molar-refractivity contribution < 1.29 is 5.11 Å². The third kappa shape index (κ3) is 2.34. The molecule has 0 saturated heterocycles. The Balaban J connectivity index is 1.79. The van der Waals surface area contributed by atoms with Crippen LogP contribution in [0.2, 0.25) is 0 Å². The Morgan fingerprint density at radius 1 is 1.26 bits per heavy atom. The first kappa shape index (κ1) is 12.2. The molecule has 0 bridgehead atoms. The average Bonchev–Trinajstić information content (AvgIpc) is 2.85. The van der Waals surface area contributed by atoms with Crippen molar-refractivity contribution in [3.63, 3.8) is 0 Å². The molecule has 0 spiro atoms. The monoisotopic (exact) mass is 254 g/mol. The Hall–Kier alpha value is -1.87. The van der Waals surface area contributed by atoms with Gasteiger partial charge in [-0.05, 0) is 35.6 Å². The molecule has 2 aromatic rings. The van der Waals surface area contributed by atoms with Crippen LogP contribution in [-0.4, -0.2) is 16.2 Å². The molecule has 2 unspecified atom stereocenters. The second-order valence-corrected chi connectivity index (χ2v) is 5.16. The van der Waals surface area contributed by atoms with Gasteiger partial charge >= 0.3 is 0 Å². The van der Waals surface area contributed by atoms with Crippen LogP contribution in [0.15, 0.2) is 42.6 Å². The summed E-state index contributed by atoms with van der Waals surface area (Å²) in [6, 6.07) is 12.2. The number of nitrogens with zero attached hydrogens (tertiary/aromatic N) is 1. The Labute approximate surface area is 113 Å². The second-order valence-electron chi connectivity index (χ2n) is 5.16. The molecule has 1 aliphatic rings. The average molecular weight is 254 g/mol. The molecule has 0 amide bonds. The standard InChI is InChI=1S/C16H18N2O/c17-16-12(5-3-9-18-16)10-15(19)14-8-7-11-4-1-2-6-13(11)14/h1-6,9,14-15,19H,7-8,10H2,(H2,17,18). The van der Waals surface area contributed by atoms with Crippen molar-refractivity contribution in [2.24, 2.45) is 0 Å². The summed E-state index contributed by atoms with van der Waals surface area (Å²) in [5.41, 5.74) is 9.43. The number of rotatable bonds is 3. The topological polar surface area (TPSA) is 59.1 Å². The van der Waals surface area contributed by atoms with Crippen molar-refractivity contribution in [2.45, 2.75) is 31.3 Å². The zero-order valence-corrected chi connectivity index (χ0v) is 10.8. The fourth-order valence-corrected chi connectivity index (χ4v) is 2.98. The van der Waals surface area contributed by atoms with Crippen molar-refractivity contribution in [3.05, 3.63) is 59.3 Å². The van der Waals surface area contributed by atoms with Crippen LogP contribution < -0.4 is 5.73 Å². The Bertz CT molecular complexity index is 582. The van der Waals surface area contributed by atoms with Gasteiger partial charge in [-0.1, -0.05) is 30.3 Å². The number of nitrogens with two attached hydrogens (primary N) is 1. The lowest BCUT2D eigenvalue weighted by molar-refractivity contribution is 0.143. The predicted molar refractivity (Wildman–Crippen MR) is 75.9 cm³/mol. The maximum atomic E-state index is 10.5. The van der Waals surface area contributed by atoms with Gasteiger partial charge < -0.3 is 10.8 Å². The van der Waals surface area contributed by atoms with Crippen molar-refractivity contribution in [3.8, 4) is 0 Å². The molecule has 0 radical (unpaired) electrons. The molecular formula is C16H18N2O. The molecular weight excluding hydrogens is 236 g/mol. The van der Waals surface area contributed by atoms with E-state index in [1.54, 1.807) is 6.20 Å². The molecule has 1 aromatic carbocycles. The van der Waals surface area contributed by atoms with Crippen LogP contribution in [0.25, 0.3) is 0 Å². The Morgan fingerprint density at radius 3 is 2.95 bits per heavy atom. The van der Waals surface area contributed by atoms with Crippen LogP contribution in [0.3, 0.4) is 0 Å². The van der Waals surface area contributed by atoms with Crippen LogP contribution >= 0.6 is 0 Å². The van der Waals surface area contributed by atoms with Crippen molar-refractivity contribution in [2.75, 3.05) is 5.73 Å². The Morgan fingerprint density at radius 2 is 2.11 bits per heavy atom. The van der Waals surface area contributed by atoms with Crippen LogP contribution in [0, 0.1) is 0 Å². The summed E-state index contributed by atoms with van der Waals surface area (Å²) in [4.78, 5) is 4.07. The number of hydrogen-bond acceptors (Lipinski definition) is 3. The molecule has 19 heavy (non-hydrogen) atoms. The third-order valence-corrected chi connectivity index (χ3v) is 4.00. The minimum Gasteiger partial charge on any atom is -0.392 e. The number of aryl methyl sites for hydroxylation is 1. The van der Waals surface area contributed by atoms with E-state index in [0.717, 1.165) is 18.4 Å². The molecule has 0 saturated carbocycles. The SMILES string of the molecule is Nc1ncccc1CC(O)C1CCc2ccccc21. The van der Waals surface area contributed by atoms with E-state index in [0.29, 0.717) is 12.2 Å². The molecule has 1 aromatic heterocycles. The summed E-state index contributed by atoms with van der Waals surface area (Å²) in [7, 11) is 0.